The zero-order valence-electron chi connectivity index (χ0n) is 12.2. The first-order valence-electron chi connectivity index (χ1n) is 6.94. The molecule has 0 fully saturated rings. The fourth-order valence-corrected chi connectivity index (χ4v) is 2.30. The van der Waals surface area contributed by atoms with E-state index in [4.69, 9.17) is 10.5 Å². The van der Waals surface area contributed by atoms with Crippen molar-refractivity contribution < 1.29 is 13.5 Å². The standard InChI is InChI=1S/C17H19F2NO/c1-3-21-17-8-7-11(2)9-13(17)16(20)10-12-14(18)5-4-6-15(12)19/h4-9,16H,3,10,20H2,1-2H3. The van der Waals surface area contributed by atoms with Gasteiger partial charge >= 0.3 is 0 Å². The zero-order valence-corrected chi connectivity index (χ0v) is 12.2. The number of benzene rings is 2. The van der Waals surface area contributed by atoms with E-state index >= 15 is 0 Å². The van der Waals surface area contributed by atoms with Crippen LogP contribution >= 0.6 is 0 Å². The summed E-state index contributed by atoms with van der Waals surface area (Å²) in [4.78, 5) is 0. The van der Waals surface area contributed by atoms with Crippen molar-refractivity contribution in [1.29, 1.82) is 0 Å². The maximum absolute atomic E-state index is 13.7. The molecular formula is C17H19F2NO. The summed E-state index contributed by atoms with van der Waals surface area (Å²) in [5.41, 5.74) is 7.95. The number of ether oxygens (including phenoxy) is 1. The van der Waals surface area contributed by atoms with E-state index in [9.17, 15) is 8.78 Å². The molecule has 0 radical (unpaired) electrons. The Hall–Kier alpha value is -1.94. The Labute approximate surface area is 123 Å². The number of rotatable bonds is 5. The van der Waals surface area contributed by atoms with Crippen LogP contribution in [0.2, 0.25) is 0 Å². The van der Waals surface area contributed by atoms with Crippen molar-refractivity contribution in [2.45, 2.75) is 26.3 Å². The molecule has 21 heavy (non-hydrogen) atoms. The molecule has 0 saturated carbocycles. The Morgan fingerprint density at radius 3 is 2.43 bits per heavy atom. The molecule has 0 spiro atoms. The van der Waals surface area contributed by atoms with E-state index in [0.717, 1.165) is 11.1 Å². The van der Waals surface area contributed by atoms with Crippen LogP contribution in [0.5, 0.6) is 5.75 Å². The molecule has 2 N–H and O–H groups in total. The molecule has 0 aliphatic heterocycles. The SMILES string of the molecule is CCOc1ccc(C)cc1C(N)Cc1c(F)cccc1F. The molecule has 0 amide bonds. The lowest BCUT2D eigenvalue weighted by Crippen LogP contribution is -2.16. The van der Waals surface area contributed by atoms with Crippen molar-refractivity contribution in [2.24, 2.45) is 5.73 Å². The highest BCUT2D eigenvalue weighted by atomic mass is 19.1. The predicted octanol–water partition coefficient (Wildman–Crippen LogP) is 3.91. The van der Waals surface area contributed by atoms with Crippen molar-refractivity contribution in [2.75, 3.05) is 6.61 Å². The van der Waals surface area contributed by atoms with Crippen LogP contribution in [0.4, 0.5) is 8.78 Å². The Morgan fingerprint density at radius 1 is 1.14 bits per heavy atom. The van der Waals surface area contributed by atoms with Gasteiger partial charge in [0.1, 0.15) is 17.4 Å². The molecule has 2 aromatic carbocycles. The lowest BCUT2D eigenvalue weighted by atomic mass is 9.97. The summed E-state index contributed by atoms with van der Waals surface area (Å²) >= 11 is 0. The van der Waals surface area contributed by atoms with Crippen LogP contribution in [0.1, 0.15) is 29.7 Å². The van der Waals surface area contributed by atoms with Crippen LogP contribution < -0.4 is 10.5 Å². The summed E-state index contributed by atoms with van der Waals surface area (Å²) in [5, 5.41) is 0. The van der Waals surface area contributed by atoms with Crippen molar-refractivity contribution in [1.82, 2.24) is 0 Å². The van der Waals surface area contributed by atoms with Gasteiger partial charge in [-0.15, -0.1) is 0 Å². The second kappa shape index (κ2) is 6.68. The van der Waals surface area contributed by atoms with Gasteiger partial charge < -0.3 is 10.5 Å². The second-order valence-corrected chi connectivity index (χ2v) is 4.99. The number of hydrogen-bond donors (Lipinski definition) is 1. The van der Waals surface area contributed by atoms with Crippen LogP contribution in [0, 0.1) is 18.6 Å². The van der Waals surface area contributed by atoms with E-state index in [1.54, 1.807) is 0 Å². The average molecular weight is 291 g/mol. The molecule has 0 saturated heterocycles. The van der Waals surface area contributed by atoms with Gasteiger partial charge in [-0.05, 0) is 38.5 Å². The summed E-state index contributed by atoms with van der Waals surface area (Å²) in [6, 6.07) is 8.96. The lowest BCUT2D eigenvalue weighted by Gasteiger charge is -2.18. The molecule has 4 heteroatoms. The molecule has 0 aliphatic rings. The van der Waals surface area contributed by atoms with Crippen molar-refractivity contribution in [3.63, 3.8) is 0 Å². The van der Waals surface area contributed by atoms with E-state index in [1.807, 2.05) is 32.0 Å². The molecule has 2 rings (SSSR count). The van der Waals surface area contributed by atoms with Gasteiger partial charge in [0.05, 0.1) is 6.61 Å². The van der Waals surface area contributed by atoms with E-state index in [0.29, 0.717) is 12.4 Å². The third-order valence-electron chi connectivity index (χ3n) is 3.35. The van der Waals surface area contributed by atoms with E-state index in [1.165, 1.54) is 18.2 Å². The zero-order chi connectivity index (χ0) is 15.4. The van der Waals surface area contributed by atoms with Gasteiger partial charge in [-0.25, -0.2) is 8.78 Å². The summed E-state index contributed by atoms with van der Waals surface area (Å²) in [7, 11) is 0. The fraction of sp³-hybridized carbons (Fsp3) is 0.294. The van der Waals surface area contributed by atoms with Gasteiger partial charge in [0.25, 0.3) is 0 Å². The van der Waals surface area contributed by atoms with Crippen LogP contribution in [0.15, 0.2) is 36.4 Å². The smallest absolute Gasteiger partial charge is 0.129 e. The first kappa shape index (κ1) is 15.4. The van der Waals surface area contributed by atoms with E-state index in [2.05, 4.69) is 0 Å². The molecule has 0 heterocycles. The monoisotopic (exact) mass is 291 g/mol. The van der Waals surface area contributed by atoms with E-state index < -0.39 is 17.7 Å². The number of aryl methyl sites for hydroxylation is 1. The summed E-state index contributed by atoms with van der Waals surface area (Å²) in [5.74, 6) is -0.487. The minimum absolute atomic E-state index is 0.00829. The van der Waals surface area contributed by atoms with Crippen LogP contribution in [0.25, 0.3) is 0 Å². The molecule has 2 aromatic rings. The third kappa shape index (κ3) is 3.58. The topological polar surface area (TPSA) is 35.2 Å². The molecular weight excluding hydrogens is 272 g/mol. The second-order valence-electron chi connectivity index (χ2n) is 4.99. The van der Waals surface area contributed by atoms with Crippen molar-refractivity contribution in [3.8, 4) is 5.75 Å². The third-order valence-corrected chi connectivity index (χ3v) is 3.35. The van der Waals surface area contributed by atoms with Gasteiger partial charge in [0.15, 0.2) is 0 Å². The first-order chi connectivity index (χ1) is 10.0. The van der Waals surface area contributed by atoms with E-state index in [-0.39, 0.29) is 12.0 Å². The normalized spacial score (nSPS) is 12.2. The molecule has 0 bridgehead atoms. The Bertz CT molecular complexity index is 608. The number of nitrogens with two attached hydrogens (primary N) is 1. The quantitative estimate of drug-likeness (QED) is 0.906. The van der Waals surface area contributed by atoms with Gasteiger partial charge in [-0.1, -0.05) is 23.8 Å². The van der Waals surface area contributed by atoms with Crippen LogP contribution in [-0.4, -0.2) is 6.61 Å². The number of halogens is 2. The highest BCUT2D eigenvalue weighted by molar-refractivity contribution is 5.40. The molecule has 1 unspecified atom stereocenters. The fourth-order valence-electron chi connectivity index (χ4n) is 2.30. The maximum atomic E-state index is 13.7. The maximum Gasteiger partial charge on any atom is 0.129 e. The molecule has 0 aliphatic carbocycles. The average Bonchev–Trinajstić information content (AvgIpc) is 2.45. The van der Waals surface area contributed by atoms with Crippen LogP contribution in [0.3, 0.4) is 0 Å². The number of hydrogen-bond acceptors (Lipinski definition) is 2. The van der Waals surface area contributed by atoms with Gasteiger partial charge in [0.2, 0.25) is 0 Å². The summed E-state index contributed by atoms with van der Waals surface area (Å²) in [6.45, 7) is 4.33. The Morgan fingerprint density at radius 2 is 1.81 bits per heavy atom. The molecule has 1 atom stereocenters. The Kier molecular flexibility index (Phi) is 4.91. The summed E-state index contributed by atoms with van der Waals surface area (Å²) in [6.07, 6.45) is 0.0854. The Balaban J connectivity index is 2.32. The molecule has 0 aromatic heterocycles. The van der Waals surface area contributed by atoms with Gasteiger partial charge in [0, 0.05) is 17.2 Å². The lowest BCUT2D eigenvalue weighted by molar-refractivity contribution is 0.333. The van der Waals surface area contributed by atoms with Crippen LogP contribution in [-0.2, 0) is 6.42 Å². The summed E-state index contributed by atoms with van der Waals surface area (Å²) < 4.78 is 33.0. The largest absolute Gasteiger partial charge is 0.494 e. The van der Waals surface area contributed by atoms with Gasteiger partial charge in [-0.2, -0.15) is 0 Å². The van der Waals surface area contributed by atoms with Crippen molar-refractivity contribution in [3.05, 3.63) is 64.7 Å². The highest BCUT2D eigenvalue weighted by Crippen LogP contribution is 2.28. The molecule has 112 valence electrons. The molecule has 2 nitrogen and oxygen atoms in total. The first-order valence-corrected chi connectivity index (χ1v) is 6.94. The predicted molar refractivity (Wildman–Crippen MR) is 79.3 cm³/mol. The minimum Gasteiger partial charge on any atom is -0.494 e. The van der Waals surface area contributed by atoms with Gasteiger partial charge in [-0.3, -0.25) is 0 Å². The highest BCUT2D eigenvalue weighted by Gasteiger charge is 2.17. The van der Waals surface area contributed by atoms with Crippen molar-refractivity contribution >= 4 is 0 Å². The minimum atomic E-state index is -0.573.